The topological polar surface area (TPSA) is 79.6 Å². The van der Waals surface area contributed by atoms with Crippen LogP contribution in [0, 0.1) is 0 Å². The normalized spacial score (nSPS) is 15.1. The number of imide groups is 1. The van der Waals surface area contributed by atoms with Crippen molar-refractivity contribution in [2.45, 2.75) is 38.8 Å². The molecule has 2 heterocycles. The van der Waals surface area contributed by atoms with Crippen molar-refractivity contribution in [3.8, 4) is 0 Å². The summed E-state index contributed by atoms with van der Waals surface area (Å²) in [4.78, 5) is 40.7. The van der Waals surface area contributed by atoms with E-state index in [1.54, 1.807) is 30.3 Å². The molecule has 1 atom stereocenters. The number of benzene rings is 3. The molecule has 4 aromatic rings. The van der Waals surface area contributed by atoms with Crippen molar-refractivity contribution >= 4 is 74.4 Å². The lowest BCUT2D eigenvalue weighted by Crippen LogP contribution is -2.56. The molecule has 6 nitrogen and oxygen atoms in total. The molecule has 3 aromatic carbocycles. The third-order valence-electron chi connectivity index (χ3n) is 6.78. The lowest BCUT2D eigenvalue weighted by molar-refractivity contribution is -0.152. The zero-order valence-corrected chi connectivity index (χ0v) is 21.7. The molecule has 36 heavy (non-hydrogen) atoms. The maximum absolute atomic E-state index is 13.5. The second-order valence-corrected chi connectivity index (χ2v) is 10.3. The monoisotopic (exact) mass is 542 g/mol. The van der Waals surface area contributed by atoms with Gasteiger partial charge in [0.15, 0.2) is 0 Å². The molecule has 0 saturated carbocycles. The van der Waals surface area contributed by atoms with Crippen LogP contribution in [0.25, 0.3) is 21.8 Å². The summed E-state index contributed by atoms with van der Waals surface area (Å²) in [6, 6.07) is 13.1. The Kier molecular flexibility index (Phi) is 6.02. The number of hydrogen-bond acceptors (Lipinski definition) is 3. The Bertz CT molecular complexity index is 1580. The van der Waals surface area contributed by atoms with E-state index in [4.69, 9.17) is 34.8 Å². The van der Waals surface area contributed by atoms with Crippen LogP contribution in [0.4, 0.5) is 0 Å². The van der Waals surface area contributed by atoms with Gasteiger partial charge < -0.3 is 9.67 Å². The van der Waals surface area contributed by atoms with Crippen LogP contribution in [0.2, 0.25) is 15.1 Å². The number of aliphatic carboxylic acids is 1. The first-order valence-corrected chi connectivity index (χ1v) is 12.6. The molecule has 1 aliphatic heterocycles. The van der Waals surface area contributed by atoms with E-state index in [9.17, 15) is 19.5 Å². The van der Waals surface area contributed by atoms with Crippen molar-refractivity contribution in [3.63, 3.8) is 0 Å². The molecule has 0 saturated heterocycles. The Hall–Kier alpha value is -3.06. The molecule has 1 unspecified atom stereocenters. The van der Waals surface area contributed by atoms with Gasteiger partial charge in [-0.1, -0.05) is 60.3 Å². The van der Waals surface area contributed by atoms with Gasteiger partial charge in [0, 0.05) is 15.8 Å². The molecular formula is C27H21Cl3N2O4. The van der Waals surface area contributed by atoms with Crippen molar-refractivity contribution in [1.82, 2.24) is 9.47 Å². The van der Waals surface area contributed by atoms with Gasteiger partial charge in [0.2, 0.25) is 5.66 Å². The molecule has 0 bridgehead atoms. The van der Waals surface area contributed by atoms with E-state index >= 15 is 0 Å². The van der Waals surface area contributed by atoms with Crippen molar-refractivity contribution in [2.75, 3.05) is 0 Å². The fourth-order valence-corrected chi connectivity index (χ4v) is 5.96. The van der Waals surface area contributed by atoms with Crippen LogP contribution < -0.4 is 0 Å². The number of aromatic nitrogens is 1. The lowest BCUT2D eigenvalue weighted by Gasteiger charge is -2.36. The average molecular weight is 544 g/mol. The molecule has 1 N–H and O–H groups in total. The summed E-state index contributed by atoms with van der Waals surface area (Å²) < 4.78 is 1.39. The molecule has 2 amide bonds. The molecule has 0 spiro atoms. The Balaban J connectivity index is 1.89. The Morgan fingerprint density at radius 2 is 1.61 bits per heavy atom. The minimum Gasteiger partial charge on any atom is -0.478 e. The van der Waals surface area contributed by atoms with Crippen molar-refractivity contribution < 1.29 is 19.5 Å². The standard InChI is InChI=1S/C27H21Cl3N2O4/c1-3-4-7-14-10-18-22-19(29)12-15(28)13-21(22)31(23(18)20(30)11-14)27(2,26(35)36)32-24(33)16-8-5-6-9-17(16)25(32)34/h5-6,8-13H,3-4,7H2,1-2H3,(H,35,36). The zero-order valence-electron chi connectivity index (χ0n) is 19.4. The highest BCUT2D eigenvalue weighted by Crippen LogP contribution is 2.45. The van der Waals surface area contributed by atoms with Crippen molar-refractivity contribution in [3.05, 3.63) is 80.3 Å². The summed E-state index contributed by atoms with van der Waals surface area (Å²) in [5.74, 6) is -2.84. The Morgan fingerprint density at radius 1 is 0.972 bits per heavy atom. The number of rotatable bonds is 6. The number of aryl methyl sites for hydroxylation is 1. The second kappa shape index (κ2) is 8.80. The number of halogens is 3. The predicted octanol–water partition coefficient (Wildman–Crippen LogP) is 7.15. The first-order valence-electron chi connectivity index (χ1n) is 11.4. The number of carbonyl (C=O) groups excluding carboxylic acids is 2. The summed E-state index contributed by atoms with van der Waals surface area (Å²) >= 11 is 19.8. The number of carboxylic acids is 1. The van der Waals surface area contributed by atoms with Gasteiger partial charge in [-0.25, -0.2) is 9.69 Å². The van der Waals surface area contributed by atoms with Crippen LogP contribution in [0.3, 0.4) is 0 Å². The van der Waals surface area contributed by atoms with Crippen LogP contribution in [-0.4, -0.2) is 32.4 Å². The SMILES string of the molecule is CCCCc1cc(Cl)c2c(c1)c1c(Cl)cc(Cl)cc1n2C(C)(C(=O)O)N1C(=O)c2ccccc2C1=O. The minimum absolute atomic E-state index is 0.139. The van der Waals surface area contributed by atoms with Crippen molar-refractivity contribution in [1.29, 1.82) is 0 Å². The summed E-state index contributed by atoms with van der Waals surface area (Å²) in [7, 11) is 0. The number of unbranched alkanes of at least 4 members (excludes halogenated alkanes) is 1. The average Bonchev–Trinajstić information content (AvgIpc) is 3.30. The van der Waals surface area contributed by atoms with Gasteiger partial charge in [-0.3, -0.25) is 9.59 Å². The van der Waals surface area contributed by atoms with Gasteiger partial charge >= 0.3 is 5.97 Å². The van der Waals surface area contributed by atoms with E-state index in [1.807, 2.05) is 6.07 Å². The molecule has 0 aliphatic carbocycles. The predicted molar refractivity (Wildman–Crippen MR) is 141 cm³/mol. The highest BCUT2D eigenvalue weighted by molar-refractivity contribution is 6.42. The number of amides is 2. The van der Waals surface area contributed by atoms with Crippen molar-refractivity contribution in [2.24, 2.45) is 0 Å². The van der Waals surface area contributed by atoms with Crippen LogP contribution in [0.15, 0.2) is 48.5 Å². The fraction of sp³-hybridized carbons (Fsp3) is 0.222. The van der Waals surface area contributed by atoms with E-state index in [0.717, 1.165) is 29.7 Å². The number of carbonyl (C=O) groups is 3. The van der Waals surface area contributed by atoms with Crippen LogP contribution in [0.1, 0.15) is 53.0 Å². The molecule has 0 fully saturated rings. The van der Waals surface area contributed by atoms with E-state index in [0.29, 0.717) is 26.8 Å². The van der Waals surface area contributed by atoms with Gasteiger partial charge in [-0.15, -0.1) is 0 Å². The molecule has 1 aromatic heterocycles. The van der Waals surface area contributed by atoms with Crippen LogP contribution in [0.5, 0.6) is 0 Å². The Morgan fingerprint density at radius 3 is 2.19 bits per heavy atom. The summed E-state index contributed by atoms with van der Waals surface area (Å²) in [5, 5.41) is 12.6. The maximum Gasteiger partial charge on any atom is 0.351 e. The van der Waals surface area contributed by atoms with E-state index in [-0.39, 0.29) is 21.2 Å². The van der Waals surface area contributed by atoms with Gasteiger partial charge in [0.05, 0.1) is 32.2 Å². The Labute approximate surface area is 221 Å². The molecule has 184 valence electrons. The van der Waals surface area contributed by atoms with Crippen LogP contribution in [-0.2, 0) is 16.9 Å². The van der Waals surface area contributed by atoms with E-state index in [1.165, 1.54) is 23.6 Å². The smallest absolute Gasteiger partial charge is 0.351 e. The number of nitrogens with zero attached hydrogens (tertiary/aromatic N) is 2. The molecule has 5 rings (SSSR count). The van der Waals surface area contributed by atoms with E-state index in [2.05, 4.69) is 6.92 Å². The number of carboxylic acid groups (broad SMARTS) is 1. The second-order valence-electron chi connectivity index (χ2n) is 9.01. The highest BCUT2D eigenvalue weighted by Gasteiger charge is 2.53. The molecular weight excluding hydrogens is 523 g/mol. The number of fused-ring (bicyclic) bond motifs is 4. The first-order chi connectivity index (χ1) is 17.1. The summed E-state index contributed by atoms with van der Waals surface area (Å²) in [6.07, 6.45) is 2.71. The first kappa shape index (κ1) is 24.6. The van der Waals surface area contributed by atoms with Gasteiger partial charge in [0.1, 0.15) is 0 Å². The third-order valence-corrected chi connectivity index (χ3v) is 7.58. The minimum atomic E-state index is -2.18. The zero-order chi connectivity index (χ0) is 25.9. The summed E-state index contributed by atoms with van der Waals surface area (Å²) in [6.45, 7) is 3.40. The molecule has 1 aliphatic rings. The summed E-state index contributed by atoms with van der Waals surface area (Å²) in [5.41, 5.74) is -0.247. The number of hydrogen-bond donors (Lipinski definition) is 1. The molecule has 0 radical (unpaired) electrons. The largest absolute Gasteiger partial charge is 0.478 e. The van der Waals surface area contributed by atoms with Gasteiger partial charge in [0.25, 0.3) is 11.8 Å². The highest BCUT2D eigenvalue weighted by atomic mass is 35.5. The van der Waals surface area contributed by atoms with E-state index < -0.39 is 23.4 Å². The fourth-order valence-electron chi connectivity index (χ4n) is 5.05. The lowest BCUT2D eigenvalue weighted by atomic mass is 10.0. The van der Waals surface area contributed by atoms with Gasteiger partial charge in [-0.05, 0) is 61.7 Å². The van der Waals surface area contributed by atoms with Gasteiger partial charge in [-0.2, -0.15) is 0 Å². The van der Waals surface area contributed by atoms with Crippen LogP contribution >= 0.6 is 34.8 Å². The maximum atomic E-state index is 13.5. The molecule has 9 heteroatoms. The third kappa shape index (κ3) is 3.43. The quantitative estimate of drug-likeness (QED) is 0.262.